The van der Waals surface area contributed by atoms with Crippen LogP contribution < -0.4 is 16.0 Å². The SMILES string of the molecule is CC.CC(C)c1cc(NC(=O)C2CC2)nc2ccnn12.CNC(=O)c1cnc(NC(=O)c2cnn(C)c2)nc1C(C)C. The summed E-state index contributed by atoms with van der Waals surface area (Å²) in [5.74, 6) is 0.797. The molecule has 0 atom stereocenters. The molecule has 13 heteroatoms. The Morgan fingerprint density at radius 2 is 1.67 bits per heavy atom. The molecule has 224 valence electrons. The number of hydrogen-bond acceptors (Lipinski definition) is 8. The zero-order chi connectivity index (χ0) is 31.0. The number of rotatable bonds is 7. The monoisotopic (exact) mass is 576 g/mol. The molecular weight excluding hydrogens is 536 g/mol. The van der Waals surface area contributed by atoms with Crippen molar-refractivity contribution < 1.29 is 14.4 Å². The number of fused-ring (bicyclic) bond motifs is 1. The van der Waals surface area contributed by atoms with E-state index in [1.165, 1.54) is 17.1 Å². The molecule has 3 N–H and O–H groups in total. The van der Waals surface area contributed by atoms with Gasteiger partial charge in [-0.2, -0.15) is 10.2 Å². The number of amides is 3. The molecule has 1 aliphatic rings. The zero-order valence-electron chi connectivity index (χ0n) is 25.5. The van der Waals surface area contributed by atoms with Gasteiger partial charge < -0.3 is 10.6 Å². The number of aryl methyl sites for hydroxylation is 1. The first-order valence-corrected chi connectivity index (χ1v) is 14.1. The Balaban J connectivity index is 0.000000221. The van der Waals surface area contributed by atoms with E-state index in [-0.39, 0.29) is 35.5 Å². The lowest BCUT2D eigenvalue weighted by atomic mass is 10.0. The van der Waals surface area contributed by atoms with Gasteiger partial charge in [-0.25, -0.2) is 19.5 Å². The van der Waals surface area contributed by atoms with Gasteiger partial charge in [-0.15, -0.1) is 0 Å². The van der Waals surface area contributed by atoms with E-state index in [0.717, 1.165) is 24.2 Å². The van der Waals surface area contributed by atoms with Crippen LogP contribution in [0.3, 0.4) is 0 Å². The molecule has 1 fully saturated rings. The predicted octanol–water partition coefficient (Wildman–Crippen LogP) is 4.17. The molecule has 4 aromatic rings. The Bertz CT molecular complexity index is 1540. The standard InChI is InChI=1S/C14H18N6O2.C13H16N4O.C2H6/c1-8(2)11-10(13(22)15-3)6-16-14(18-11)19-12(21)9-5-17-20(4)7-9;1-8(2)10-7-11(16-13(18)9-3-4-9)15-12-5-6-14-17(10)12;1-2/h5-8H,1-4H3,(H,15,22)(H,16,18,19,21);5-9H,3-4H2,1-2H3,(H,15,16,18);1-2H3. The first-order valence-electron chi connectivity index (χ1n) is 14.1. The minimum Gasteiger partial charge on any atom is -0.355 e. The van der Waals surface area contributed by atoms with Gasteiger partial charge in [0.2, 0.25) is 11.9 Å². The third-order valence-electron chi connectivity index (χ3n) is 6.21. The molecule has 0 saturated heterocycles. The fourth-order valence-electron chi connectivity index (χ4n) is 3.90. The van der Waals surface area contributed by atoms with Crippen LogP contribution in [0, 0.1) is 5.92 Å². The maximum Gasteiger partial charge on any atom is 0.261 e. The fraction of sp³-hybridized carbons (Fsp3) is 0.448. The van der Waals surface area contributed by atoms with Gasteiger partial charge in [0, 0.05) is 44.5 Å². The van der Waals surface area contributed by atoms with E-state index in [0.29, 0.717) is 28.6 Å². The number of carbonyl (C=O) groups excluding carboxylic acids is 3. The Hall–Kier alpha value is -4.68. The van der Waals surface area contributed by atoms with Crippen LogP contribution in [0.4, 0.5) is 11.8 Å². The van der Waals surface area contributed by atoms with E-state index in [1.54, 1.807) is 26.5 Å². The molecule has 0 spiro atoms. The van der Waals surface area contributed by atoms with Crippen molar-refractivity contribution in [3.63, 3.8) is 0 Å². The number of hydrogen-bond donors (Lipinski definition) is 3. The quantitative estimate of drug-likeness (QED) is 0.295. The summed E-state index contributed by atoms with van der Waals surface area (Å²) >= 11 is 0. The summed E-state index contributed by atoms with van der Waals surface area (Å²) in [7, 11) is 3.27. The third-order valence-corrected chi connectivity index (χ3v) is 6.21. The largest absolute Gasteiger partial charge is 0.355 e. The van der Waals surface area contributed by atoms with Gasteiger partial charge in [0.05, 0.1) is 34.9 Å². The zero-order valence-corrected chi connectivity index (χ0v) is 25.5. The van der Waals surface area contributed by atoms with Crippen molar-refractivity contribution in [1.29, 1.82) is 0 Å². The minimum atomic E-state index is -0.351. The molecule has 5 rings (SSSR count). The lowest BCUT2D eigenvalue weighted by molar-refractivity contribution is -0.117. The molecule has 3 amide bonds. The van der Waals surface area contributed by atoms with E-state index in [9.17, 15) is 14.4 Å². The van der Waals surface area contributed by atoms with Gasteiger partial charge in [-0.1, -0.05) is 41.5 Å². The highest BCUT2D eigenvalue weighted by molar-refractivity contribution is 6.03. The molecule has 4 heterocycles. The molecule has 0 unspecified atom stereocenters. The molecule has 1 aliphatic carbocycles. The molecule has 0 aliphatic heterocycles. The molecular formula is C29H40N10O3. The molecule has 1 saturated carbocycles. The molecule has 0 aromatic carbocycles. The Morgan fingerprint density at radius 3 is 2.24 bits per heavy atom. The fourth-order valence-corrected chi connectivity index (χ4v) is 3.90. The molecule has 0 radical (unpaired) electrons. The van der Waals surface area contributed by atoms with Gasteiger partial charge in [-0.05, 0) is 24.7 Å². The van der Waals surface area contributed by atoms with E-state index in [4.69, 9.17) is 0 Å². The Morgan fingerprint density at radius 1 is 0.952 bits per heavy atom. The van der Waals surface area contributed by atoms with E-state index in [2.05, 4.69) is 54.9 Å². The van der Waals surface area contributed by atoms with Crippen molar-refractivity contribution >= 4 is 35.1 Å². The first-order chi connectivity index (χ1) is 20.1. The smallest absolute Gasteiger partial charge is 0.261 e. The number of nitrogens with zero attached hydrogens (tertiary/aromatic N) is 7. The van der Waals surface area contributed by atoms with Crippen molar-refractivity contribution in [2.75, 3.05) is 17.7 Å². The minimum absolute atomic E-state index is 0.0179. The van der Waals surface area contributed by atoms with Gasteiger partial charge in [0.15, 0.2) is 5.65 Å². The van der Waals surface area contributed by atoms with Gasteiger partial charge in [0.25, 0.3) is 11.8 Å². The second-order valence-corrected chi connectivity index (χ2v) is 10.2. The van der Waals surface area contributed by atoms with Crippen molar-refractivity contribution in [3.05, 3.63) is 59.4 Å². The number of nitrogens with one attached hydrogen (secondary N) is 3. The second-order valence-electron chi connectivity index (χ2n) is 10.2. The van der Waals surface area contributed by atoms with Gasteiger partial charge >= 0.3 is 0 Å². The molecule has 4 aromatic heterocycles. The number of carbonyl (C=O) groups is 3. The average Bonchev–Trinajstić information content (AvgIpc) is 3.57. The van der Waals surface area contributed by atoms with Gasteiger partial charge in [-0.3, -0.25) is 24.4 Å². The topological polar surface area (TPSA) is 161 Å². The van der Waals surface area contributed by atoms with Crippen molar-refractivity contribution in [2.24, 2.45) is 13.0 Å². The summed E-state index contributed by atoms with van der Waals surface area (Å²) < 4.78 is 3.35. The lowest BCUT2D eigenvalue weighted by Crippen LogP contribution is -2.22. The summed E-state index contributed by atoms with van der Waals surface area (Å²) in [5.41, 5.74) is 3.21. The van der Waals surface area contributed by atoms with Crippen molar-refractivity contribution in [1.82, 2.24) is 39.7 Å². The van der Waals surface area contributed by atoms with Crippen LogP contribution >= 0.6 is 0 Å². The number of aromatic nitrogens is 7. The van der Waals surface area contributed by atoms with Crippen LogP contribution in [0.25, 0.3) is 5.65 Å². The molecule has 42 heavy (non-hydrogen) atoms. The van der Waals surface area contributed by atoms with Gasteiger partial charge in [0.1, 0.15) is 5.82 Å². The van der Waals surface area contributed by atoms with Crippen molar-refractivity contribution in [3.8, 4) is 0 Å². The van der Waals surface area contributed by atoms with Crippen LogP contribution in [0.5, 0.6) is 0 Å². The average molecular weight is 577 g/mol. The van der Waals surface area contributed by atoms with E-state index in [1.807, 2.05) is 44.3 Å². The van der Waals surface area contributed by atoms with Crippen LogP contribution in [-0.4, -0.2) is 59.1 Å². The van der Waals surface area contributed by atoms with E-state index < -0.39 is 0 Å². The summed E-state index contributed by atoms with van der Waals surface area (Å²) in [6.07, 6.45) is 8.19. The Kier molecular flexibility index (Phi) is 10.8. The van der Waals surface area contributed by atoms with Crippen molar-refractivity contribution in [2.45, 2.75) is 66.2 Å². The third kappa shape index (κ3) is 7.95. The maximum atomic E-state index is 12.1. The van der Waals surface area contributed by atoms with Crippen LogP contribution in [0.1, 0.15) is 98.3 Å². The Labute approximate surface area is 245 Å². The summed E-state index contributed by atoms with van der Waals surface area (Å²) in [4.78, 5) is 48.3. The van der Waals surface area contributed by atoms with Crippen LogP contribution in [-0.2, 0) is 11.8 Å². The highest BCUT2D eigenvalue weighted by atomic mass is 16.2. The second kappa shape index (κ2) is 14.3. The number of anilines is 2. The van der Waals surface area contributed by atoms with Crippen LogP contribution in [0.2, 0.25) is 0 Å². The first kappa shape index (κ1) is 31.8. The maximum absolute atomic E-state index is 12.1. The summed E-state index contributed by atoms with van der Waals surface area (Å²) in [6, 6.07) is 3.75. The highest BCUT2D eigenvalue weighted by Crippen LogP contribution is 2.30. The summed E-state index contributed by atoms with van der Waals surface area (Å²) in [5, 5.41) is 16.2. The predicted molar refractivity (Wildman–Crippen MR) is 160 cm³/mol. The van der Waals surface area contributed by atoms with Crippen LogP contribution in [0.15, 0.2) is 36.9 Å². The lowest BCUT2D eigenvalue weighted by Gasteiger charge is -2.12. The normalized spacial score (nSPS) is 12.2. The molecule has 13 nitrogen and oxygen atoms in total. The summed E-state index contributed by atoms with van der Waals surface area (Å²) in [6.45, 7) is 12.0. The highest BCUT2D eigenvalue weighted by Gasteiger charge is 2.30. The molecule has 0 bridgehead atoms. The van der Waals surface area contributed by atoms with E-state index >= 15 is 0 Å².